The van der Waals surface area contributed by atoms with E-state index >= 15 is 0 Å². The van der Waals surface area contributed by atoms with E-state index in [1.165, 1.54) is 18.2 Å². The summed E-state index contributed by atoms with van der Waals surface area (Å²) in [5.41, 5.74) is 0. The number of rotatable bonds is 8. The zero-order chi connectivity index (χ0) is 21.7. The smallest absolute Gasteiger partial charge is 0.229 e. The Labute approximate surface area is 167 Å². The van der Waals surface area contributed by atoms with Crippen LogP contribution in [0.5, 0.6) is 0 Å². The van der Waals surface area contributed by atoms with Crippen molar-refractivity contribution in [3.05, 3.63) is 37.1 Å². The molecule has 11 heteroatoms. The molecule has 0 spiro atoms. The van der Waals surface area contributed by atoms with Crippen molar-refractivity contribution < 1.29 is 54.7 Å². The normalized spacial score (nSPS) is 43.3. The summed E-state index contributed by atoms with van der Waals surface area (Å²) in [5.74, 6) is 0.103. The van der Waals surface area contributed by atoms with Gasteiger partial charge in [0.1, 0.15) is 54.6 Å². The molecule has 2 rings (SSSR count). The van der Waals surface area contributed by atoms with Crippen LogP contribution in [0.15, 0.2) is 37.1 Å². The highest BCUT2D eigenvalue weighted by Crippen LogP contribution is 2.30. The predicted octanol–water partition coefficient (Wildman–Crippen LogP) is -3.12. The zero-order valence-electron chi connectivity index (χ0n) is 15.6. The van der Waals surface area contributed by atoms with Crippen LogP contribution in [0.25, 0.3) is 0 Å². The van der Waals surface area contributed by atoms with Gasteiger partial charge in [-0.3, -0.25) is 0 Å². The molecule has 2 aliphatic rings. The van der Waals surface area contributed by atoms with Crippen molar-refractivity contribution in [1.29, 1.82) is 0 Å². The summed E-state index contributed by atoms with van der Waals surface area (Å²) in [6, 6.07) is 0. The van der Waals surface area contributed by atoms with E-state index < -0.39 is 74.6 Å². The van der Waals surface area contributed by atoms with Crippen LogP contribution in [0, 0.1) is 0 Å². The maximum Gasteiger partial charge on any atom is 0.229 e. The first-order chi connectivity index (χ1) is 13.7. The molecule has 10 unspecified atom stereocenters. The van der Waals surface area contributed by atoms with Crippen molar-refractivity contribution >= 4 is 0 Å². The first-order valence-electron chi connectivity index (χ1n) is 8.98. The van der Waals surface area contributed by atoms with Gasteiger partial charge in [-0.2, -0.15) is 0 Å². The van der Waals surface area contributed by atoms with Gasteiger partial charge >= 0.3 is 0 Å². The minimum Gasteiger partial charge on any atom is -0.463 e. The van der Waals surface area contributed by atoms with Gasteiger partial charge in [0.2, 0.25) is 6.29 Å². The predicted molar refractivity (Wildman–Crippen MR) is 96.0 cm³/mol. The van der Waals surface area contributed by atoms with E-state index in [0.29, 0.717) is 0 Å². The van der Waals surface area contributed by atoms with Gasteiger partial charge in [0.15, 0.2) is 6.29 Å². The van der Waals surface area contributed by atoms with E-state index in [4.69, 9.17) is 18.9 Å². The van der Waals surface area contributed by atoms with Crippen LogP contribution in [0.1, 0.15) is 0 Å². The molecule has 2 fully saturated rings. The Hall–Kier alpha value is -1.38. The molecule has 0 aromatic rings. The quantitative estimate of drug-likeness (QED) is 0.156. The summed E-state index contributed by atoms with van der Waals surface area (Å²) >= 11 is 0. The fourth-order valence-electron chi connectivity index (χ4n) is 3.02. The lowest BCUT2D eigenvalue weighted by Gasteiger charge is -2.45. The zero-order valence-corrected chi connectivity index (χ0v) is 15.6. The average molecular weight is 420 g/mol. The summed E-state index contributed by atoms with van der Waals surface area (Å²) in [7, 11) is 0. The molecule has 0 aromatic carbocycles. The van der Waals surface area contributed by atoms with E-state index in [9.17, 15) is 35.7 Å². The number of allylic oxidation sites excluding steroid dienone is 3. The van der Waals surface area contributed by atoms with Gasteiger partial charge < -0.3 is 54.7 Å². The molecule has 2 saturated heterocycles. The second-order valence-electron chi connectivity index (χ2n) is 6.68. The minimum absolute atomic E-state index is 0.103. The molecule has 2 heterocycles. The molecule has 0 saturated carbocycles. The van der Waals surface area contributed by atoms with Gasteiger partial charge in [0, 0.05) is 0 Å². The molecule has 166 valence electrons. The molecule has 0 bridgehead atoms. The van der Waals surface area contributed by atoms with Crippen molar-refractivity contribution in [2.45, 2.75) is 61.4 Å². The lowest BCUT2D eigenvalue weighted by Crippen LogP contribution is -2.64. The lowest BCUT2D eigenvalue weighted by molar-refractivity contribution is -0.356. The van der Waals surface area contributed by atoms with Crippen molar-refractivity contribution in [1.82, 2.24) is 0 Å². The second kappa shape index (κ2) is 10.6. The van der Waals surface area contributed by atoms with Crippen LogP contribution in [-0.4, -0.2) is 110 Å². The highest BCUT2D eigenvalue weighted by Gasteiger charge is 2.51. The number of hydrogen-bond donors (Lipinski definition) is 7. The average Bonchev–Trinajstić information content (AvgIpc) is 2.71. The first kappa shape index (κ1) is 23.9. The Bertz CT molecular complexity index is 578. The molecule has 2 aliphatic heterocycles. The number of hydrogen-bond acceptors (Lipinski definition) is 11. The van der Waals surface area contributed by atoms with Gasteiger partial charge in [-0.15, -0.1) is 0 Å². The van der Waals surface area contributed by atoms with Crippen LogP contribution in [0.4, 0.5) is 0 Å². The third-order valence-corrected chi connectivity index (χ3v) is 4.65. The van der Waals surface area contributed by atoms with Crippen LogP contribution >= 0.6 is 0 Å². The molecule has 10 atom stereocenters. The summed E-state index contributed by atoms with van der Waals surface area (Å²) in [4.78, 5) is 0. The first-order valence-corrected chi connectivity index (χ1v) is 8.98. The Morgan fingerprint density at radius 2 is 1.41 bits per heavy atom. The van der Waals surface area contributed by atoms with Gasteiger partial charge in [-0.1, -0.05) is 25.3 Å². The summed E-state index contributed by atoms with van der Waals surface area (Å²) in [5, 5.41) is 69.3. The van der Waals surface area contributed by atoms with Crippen molar-refractivity contribution in [2.75, 3.05) is 13.2 Å². The van der Waals surface area contributed by atoms with Crippen molar-refractivity contribution in [2.24, 2.45) is 0 Å². The molecule has 0 radical (unpaired) electrons. The number of aliphatic hydroxyl groups excluding tert-OH is 7. The van der Waals surface area contributed by atoms with Crippen LogP contribution in [0.3, 0.4) is 0 Å². The number of aliphatic hydroxyl groups is 7. The van der Waals surface area contributed by atoms with E-state index in [-0.39, 0.29) is 5.76 Å². The molecular formula is C18H28O11. The Morgan fingerprint density at radius 3 is 2.00 bits per heavy atom. The maximum absolute atomic E-state index is 10.4. The van der Waals surface area contributed by atoms with Crippen molar-refractivity contribution in [3.63, 3.8) is 0 Å². The summed E-state index contributed by atoms with van der Waals surface area (Å²) in [6.45, 7) is 5.77. The van der Waals surface area contributed by atoms with Crippen LogP contribution in [-0.2, 0) is 18.9 Å². The third kappa shape index (κ3) is 5.41. The minimum atomic E-state index is -1.73. The van der Waals surface area contributed by atoms with E-state index in [1.807, 2.05) is 0 Å². The Morgan fingerprint density at radius 1 is 0.828 bits per heavy atom. The van der Waals surface area contributed by atoms with Crippen LogP contribution < -0.4 is 0 Å². The highest BCUT2D eigenvalue weighted by atomic mass is 16.7. The van der Waals surface area contributed by atoms with Gasteiger partial charge in [0.25, 0.3) is 0 Å². The molecule has 0 aromatic heterocycles. The van der Waals surface area contributed by atoms with E-state index in [2.05, 4.69) is 13.2 Å². The summed E-state index contributed by atoms with van der Waals surface area (Å²) in [6.07, 6.45) is -10.6. The molecule has 7 N–H and O–H groups in total. The molecule has 11 nitrogen and oxygen atoms in total. The SMILES string of the molecule is C=C/C=C\C(=C)OC1OC(CO)C(OC2OC(CO)C(O)C(O)C2O)C(O)C1O. The topological polar surface area (TPSA) is 179 Å². The largest absolute Gasteiger partial charge is 0.463 e. The molecule has 0 aliphatic carbocycles. The maximum atomic E-state index is 10.4. The van der Waals surface area contributed by atoms with E-state index in [0.717, 1.165) is 0 Å². The highest BCUT2D eigenvalue weighted by molar-refractivity contribution is 5.13. The fraction of sp³-hybridized carbons (Fsp3) is 0.667. The lowest BCUT2D eigenvalue weighted by atomic mass is 9.97. The van der Waals surface area contributed by atoms with Crippen LogP contribution in [0.2, 0.25) is 0 Å². The van der Waals surface area contributed by atoms with Gasteiger partial charge in [0.05, 0.1) is 13.2 Å². The number of ether oxygens (including phenoxy) is 4. The van der Waals surface area contributed by atoms with E-state index in [1.54, 1.807) is 0 Å². The standard InChI is InChI=1S/C18H28O11/c1-3-4-5-8(2)26-17-15(25)13(23)16(10(7-20)28-17)29-18-14(24)12(22)11(21)9(6-19)27-18/h3-5,9-25H,1-2,6-7H2/b5-4-. The third-order valence-electron chi connectivity index (χ3n) is 4.65. The second-order valence-corrected chi connectivity index (χ2v) is 6.68. The Balaban J connectivity index is 2.10. The monoisotopic (exact) mass is 420 g/mol. The molecular weight excluding hydrogens is 392 g/mol. The Kier molecular flexibility index (Phi) is 8.73. The molecule has 0 amide bonds. The molecule has 29 heavy (non-hydrogen) atoms. The summed E-state index contributed by atoms with van der Waals surface area (Å²) < 4.78 is 21.4. The van der Waals surface area contributed by atoms with Gasteiger partial charge in [-0.05, 0) is 6.08 Å². The van der Waals surface area contributed by atoms with Crippen molar-refractivity contribution in [3.8, 4) is 0 Å². The van der Waals surface area contributed by atoms with Gasteiger partial charge in [-0.25, -0.2) is 0 Å². The fourth-order valence-corrected chi connectivity index (χ4v) is 3.02.